The van der Waals surface area contributed by atoms with Gasteiger partial charge in [0.1, 0.15) is 0 Å². The van der Waals surface area contributed by atoms with Crippen LogP contribution in [-0.2, 0) is 4.79 Å². The second-order valence-corrected chi connectivity index (χ2v) is 5.62. The fraction of sp³-hybridized carbons (Fsp3) is 0.500. The Morgan fingerprint density at radius 3 is 2.21 bits per heavy atom. The molecule has 1 fully saturated rings. The van der Waals surface area contributed by atoms with Gasteiger partial charge in [0.15, 0.2) is 5.78 Å². The molecule has 0 aliphatic heterocycles. The Labute approximate surface area is 113 Å². The summed E-state index contributed by atoms with van der Waals surface area (Å²) in [4.78, 5) is 23.5. The molecule has 0 saturated heterocycles. The Balaban J connectivity index is 2.17. The molecule has 1 N–H and O–H groups in total. The molecule has 3 heteroatoms. The third-order valence-corrected chi connectivity index (χ3v) is 4.03. The van der Waals surface area contributed by atoms with Crippen molar-refractivity contribution in [2.45, 2.75) is 39.0 Å². The summed E-state index contributed by atoms with van der Waals surface area (Å²) in [6, 6.07) is 7.58. The first-order valence-corrected chi connectivity index (χ1v) is 6.87. The molecule has 102 valence electrons. The molecule has 0 aromatic heterocycles. The van der Waals surface area contributed by atoms with Gasteiger partial charge in [0.25, 0.3) is 0 Å². The van der Waals surface area contributed by atoms with Gasteiger partial charge in [-0.2, -0.15) is 0 Å². The first-order valence-electron chi connectivity index (χ1n) is 6.87. The van der Waals surface area contributed by atoms with Gasteiger partial charge in [0.2, 0.25) is 0 Å². The van der Waals surface area contributed by atoms with Crippen LogP contribution < -0.4 is 0 Å². The lowest BCUT2D eigenvalue weighted by Crippen LogP contribution is -2.25. The minimum atomic E-state index is -0.838. The average Bonchev–Trinajstić information content (AvgIpc) is 2.87. The zero-order chi connectivity index (χ0) is 14.0. The summed E-state index contributed by atoms with van der Waals surface area (Å²) >= 11 is 0. The van der Waals surface area contributed by atoms with E-state index in [4.69, 9.17) is 5.11 Å². The summed E-state index contributed by atoms with van der Waals surface area (Å²) in [5, 5.41) is 9.14. The molecule has 3 nitrogen and oxygen atoms in total. The molecule has 0 bridgehead atoms. The van der Waals surface area contributed by atoms with Crippen molar-refractivity contribution in [3.8, 4) is 0 Å². The lowest BCUT2D eigenvalue weighted by atomic mass is 9.88. The molecule has 2 rings (SSSR count). The largest absolute Gasteiger partial charge is 0.481 e. The van der Waals surface area contributed by atoms with Crippen LogP contribution in [0.3, 0.4) is 0 Å². The van der Waals surface area contributed by atoms with Gasteiger partial charge in [-0.3, -0.25) is 9.59 Å². The molecule has 0 heterocycles. The van der Waals surface area contributed by atoms with Crippen molar-refractivity contribution in [3.05, 3.63) is 35.4 Å². The van der Waals surface area contributed by atoms with Crippen LogP contribution in [0.15, 0.2) is 24.3 Å². The highest BCUT2D eigenvalue weighted by molar-refractivity contribution is 6.00. The third-order valence-electron chi connectivity index (χ3n) is 4.03. The number of benzene rings is 1. The van der Waals surface area contributed by atoms with Crippen molar-refractivity contribution >= 4 is 11.8 Å². The second kappa shape index (κ2) is 5.55. The van der Waals surface area contributed by atoms with E-state index in [1.54, 1.807) is 0 Å². The van der Waals surface area contributed by atoms with E-state index in [0.29, 0.717) is 24.3 Å². The molecular formula is C16H20O3. The Kier molecular flexibility index (Phi) is 4.03. The van der Waals surface area contributed by atoms with Crippen molar-refractivity contribution in [1.82, 2.24) is 0 Å². The van der Waals surface area contributed by atoms with E-state index in [2.05, 4.69) is 13.8 Å². The summed E-state index contributed by atoms with van der Waals surface area (Å²) in [5.74, 6) is -1.27. The van der Waals surface area contributed by atoms with Gasteiger partial charge in [-0.1, -0.05) is 44.5 Å². The SMILES string of the molecule is CC(C)c1ccc(C(=O)C2CCCC2C(=O)O)cc1. The van der Waals surface area contributed by atoms with Crippen molar-refractivity contribution in [3.63, 3.8) is 0 Å². The number of carbonyl (C=O) groups excluding carboxylic acids is 1. The highest BCUT2D eigenvalue weighted by atomic mass is 16.4. The molecule has 0 radical (unpaired) electrons. The summed E-state index contributed by atoms with van der Waals surface area (Å²) < 4.78 is 0. The Morgan fingerprint density at radius 2 is 1.68 bits per heavy atom. The number of hydrogen-bond acceptors (Lipinski definition) is 2. The first kappa shape index (κ1) is 13.8. The molecule has 2 unspecified atom stereocenters. The number of rotatable bonds is 4. The lowest BCUT2D eigenvalue weighted by Gasteiger charge is -2.15. The molecule has 1 aromatic rings. The first-order chi connectivity index (χ1) is 9.00. The van der Waals surface area contributed by atoms with Crippen LogP contribution in [0.4, 0.5) is 0 Å². The smallest absolute Gasteiger partial charge is 0.307 e. The van der Waals surface area contributed by atoms with E-state index in [9.17, 15) is 9.59 Å². The second-order valence-electron chi connectivity index (χ2n) is 5.62. The molecular weight excluding hydrogens is 240 g/mol. The Hall–Kier alpha value is -1.64. The normalized spacial score (nSPS) is 22.7. The summed E-state index contributed by atoms with van der Waals surface area (Å²) in [6.07, 6.45) is 2.15. The number of carboxylic acid groups (broad SMARTS) is 1. The predicted molar refractivity (Wildman–Crippen MR) is 73.3 cm³/mol. The molecule has 1 aliphatic carbocycles. The van der Waals surface area contributed by atoms with E-state index in [1.807, 2.05) is 24.3 Å². The molecule has 19 heavy (non-hydrogen) atoms. The van der Waals surface area contributed by atoms with Gasteiger partial charge >= 0.3 is 5.97 Å². The average molecular weight is 260 g/mol. The number of carboxylic acids is 1. The molecule has 0 spiro atoms. The number of carbonyl (C=O) groups is 2. The van der Waals surface area contributed by atoms with E-state index in [-0.39, 0.29) is 11.7 Å². The van der Waals surface area contributed by atoms with Crippen LogP contribution in [0.1, 0.15) is 54.9 Å². The van der Waals surface area contributed by atoms with E-state index < -0.39 is 11.9 Å². The number of Topliss-reactive ketones (excluding diaryl/α,β-unsaturated/α-hetero) is 1. The van der Waals surface area contributed by atoms with Gasteiger partial charge in [-0.05, 0) is 24.3 Å². The van der Waals surface area contributed by atoms with Gasteiger partial charge in [-0.25, -0.2) is 0 Å². The van der Waals surface area contributed by atoms with E-state index in [1.165, 1.54) is 5.56 Å². The van der Waals surface area contributed by atoms with Crippen LogP contribution in [-0.4, -0.2) is 16.9 Å². The van der Waals surface area contributed by atoms with Crippen LogP contribution >= 0.6 is 0 Å². The van der Waals surface area contributed by atoms with Gasteiger partial charge in [0, 0.05) is 11.5 Å². The zero-order valence-electron chi connectivity index (χ0n) is 11.4. The maximum absolute atomic E-state index is 12.4. The van der Waals surface area contributed by atoms with E-state index >= 15 is 0 Å². The highest BCUT2D eigenvalue weighted by Crippen LogP contribution is 2.34. The maximum atomic E-state index is 12.4. The molecule has 0 amide bonds. The monoisotopic (exact) mass is 260 g/mol. The quantitative estimate of drug-likeness (QED) is 0.843. The van der Waals surface area contributed by atoms with Crippen LogP contribution in [0, 0.1) is 11.8 Å². The summed E-state index contributed by atoms with van der Waals surface area (Å²) in [5.41, 5.74) is 1.83. The third kappa shape index (κ3) is 2.86. The standard InChI is InChI=1S/C16H20O3/c1-10(2)11-6-8-12(9-7-11)15(17)13-4-3-5-14(13)16(18)19/h6-10,13-14H,3-5H2,1-2H3,(H,18,19). The van der Waals surface area contributed by atoms with Crippen LogP contribution in [0.2, 0.25) is 0 Å². The van der Waals surface area contributed by atoms with Crippen molar-refractivity contribution in [2.24, 2.45) is 11.8 Å². The molecule has 1 aromatic carbocycles. The van der Waals surface area contributed by atoms with Gasteiger partial charge in [0.05, 0.1) is 5.92 Å². The highest BCUT2D eigenvalue weighted by Gasteiger charge is 2.37. The number of ketones is 1. The Bertz CT molecular complexity index is 473. The summed E-state index contributed by atoms with van der Waals surface area (Å²) in [6.45, 7) is 4.21. The van der Waals surface area contributed by atoms with E-state index in [0.717, 1.165) is 6.42 Å². The van der Waals surface area contributed by atoms with Crippen LogP contribution in [0.5, 0.6) is 0 Å². The predicted octanol–water partition coefficient (Wildman–Crippen LogP) is 3.49. The number of aliphatic carboxylic acids is 1. The lowest BCUT2D eigenvalue weighted by molar-refractivity contribution is -0.142. The van der Waals surface area contributed by atoms with Gasteiger partial charge < -0.3 is 5.11 Å². The summed E-state index contributed by atoms with van der Waals surface area (Å²) in [7, 11) is 0. The molecule has 1 saturated carbocycles. The van der Waals surface area contributed by atoms with Crippen molar-refractivity contribution in [1.29, 1.82) is 0 Å². The topological polar surface area (TPSA) is 54.4 Å². The molecule has 1 aliphatic rings. The minimum Gasteiger partial charge on any atom is -0.481 e. The van der Waals surface area contributed by atoms with Crippen molar-refractivity contribution < 1.29 is 14.7 Å². The zero-order valence-corrected chi connectivity index (χ0v) is 11.4. The Morgan fingerprint density at radius 1 is 1.11 bits per heavy atom. The number of hydrogen-bond donors (Lipinski definition) is 1. The maximum Gasteiger partial charge on any atom is 0.307 e. The molecule has 2 atom stereocenters. The fourth-order valence-electron chi connectivity index (χ4n) is 2.82. The minimum absolute atomic E-state index is 0.0137. The fourth-order valence-corrected chi connectivity index (χ4v) is 2.82. The van der Waals surface area contributed by atoms with Crippen LogP contribution in [0.25, 0.3) is 0 Å². The van der Waals surface area contributed by atoms with Gasteiger partial charge in [-0.15, -0.1) is 0 Å². The van der Waals surface area contributed by atoms with Crippen molar-refractivity contribution in [2.75, 3.05) is 0 Å².